The minimum Gasteiger partial charge on any atom is -0.306 e. The van der Waals surface area contributed by atoms with Gasteiger partial charge in [0.15, 0.2) is 5.78 Å². The summed E-state index contributed by atoms with van der Waals surface area (Å²) in [5.74, 6) is 1.18. The summed E-state index contributed by atoms with van der Waals surface area (Å²) in [4.78, 5) is 14.5. The fourth-order valence-corrected chi connectivity index (χ4v) is 2.62. The Morgan fingerprint density at radius 2 is 2.00 bits per heavy atom. The van der Waals surface area contributed by atoms with Crippen LogP contribution in [0.4, 0.5) is 0 Å². The third-order valence-corrected chi connectivity index (χ3v) is 3.50. The van der Waals surface area contributed by atoms with Gasteiger partial charge < -0.3 is 10.2 Å². The van der Waals surface area contributed by atoms with E-state index in [2.05, 4.69) is 31.1 Å². The molecular formula is C14H28N2O. The zero-order valence-electron chi connectivity index (χ0n) is 12.0. The van der Waals surface area contributed by atoms with Gasteiger partial charge in [0.1, 0.15) is 0 Å². The Balaban J connectivity index is 2.54. The molecule has 0 saturated carbocycles. The topological polar surface area (TPSA) is 32.3 Å². The van der Waals surface area contributed by atoms with Crippen LogP contribution in [-0.4, -0.2) is 42.9 Å². The van der Waals surface area contributed by atoms with Gasteiger partial charge in [0, 0.05) is 18.5 Å². The fraction of sp³-hybridized carbons (Fsp3) is 0.929. The van der Waals surface area contributed by atoms with Crippen molar-refractivity contribution in [3.05, 3.63) is 0 Å². The second kappa shape index (κ2) is 6.50. The summed E-state index contributed by atoms with van der Waals surface area (Å²) in [6.45, 7) is 10.5. The van der Waals surface area contributed by atoms with Crippen molar-refractivity contribution in [2.75, 3.05) is 20.1 Å². The summed E-state index contributed by atoms with van der Waals surface area (Å²) in [5.41, 5.74) is 0. The first-order valence-electron chi connectivity index (χ1n) is 6.88. The standard InChI is InChI=1S/C14H28N2O/c1-10(2)14(17)13(15-11(3)4)8-12-6-7-16(5)9-12/h10-13,15H,6-9H2,1-5H3. The molecule has 100 valence electrons. The van der Waals surface area contributed by atoms with Crippen LogP contribution in [0.25, 0.3) is 0 Å². The van der Waals surface area contributed by atoms with E-state index in [1.54, 1.807) is 0 Å². The third-order valence-electron chi connectivity index (χ3n) is 3.50. The number of nitrogens with zero attached hydrogens (tertiary/aromatic N) is 1. The number of hydrogen-bond donors (Lipinski definition) is 1. The number of nitrogens with one attached hydrogen (secondary N) is 1. The molecular weight excluding hydrogens is 212 g/mol. The van der Waals surface area contributed by atoms with Gasteiger partial charge in [0.25, 0.3) is 0 Å². The van der Waals surface area contributed by atoms with Gasteiger partial charge in [-0.3, -0.25) is 4.79 Å². The van der Waals surface area contributed by atoms with Gasteiger partial charge in [-0.2, -0.15) is 0 Å². The van der Waals surface area contributed by atoms with Crippen LogP contribution in [-0.2, 0) is 4.79 Å². The van der Waals surface area contributed by atoms with E-state index in [1.807, 2.05) is 13.8 Å². The summed E-state index contributed by atoms with van der Waals surface area (Å²) in [5, 5.41) is 3.43. The monoisotopic (exact) mass is 240 g/mol. The molecule has 3 nitrogen and oxygen atoms in total. The van der Waals surface area contributed by atoms with E-state index in [0.29, 0.717) is 17.7 Å². The molecule has 0 bridgehead atoms. The maximum atomic E-state index is 12.2. The van der Waals surface area contributed by atoms with Crippen molar-refractivity contribution in [1.82, 2.24) is 10.2 Å². The first kappa shape index (κ1) is 14.7. The predicted octanol–water partition coefficient (Wildman–Crippen LogP) is 1.92. The smallest absolute Gasteiger partial charge is 0.152 e. The van der Waals surface area contributed by atoms with Crippen LogP contribution in [0.3, 0.4) is 0 Å². The second-order valence-corrected chi connectivity index (χ2v) is 6.08. The van der Waals surface area contributed by atoms with Crippen molar-refractivity contribution >= 4 is 5.78 Å². The van der Waals surface area contributed by atoms with Gasteiger partial charge in [-0.15, -0.1) is 0 Å². The van der Waals surface area contributed by atoms with Crippen LogP contribution in [0, 0.1) is 11.8 Å². The summed E-state index contributed by atoms with van der Waals surface area (Å²) < 4.78 is 0. The lowest BCUT2D eigenvalue weighted by atomic mass is 9.91. The van der Waals surface area contributed by atoms with Gasteiger partial charge >= 0.3 is 0 Å². The first-order valence-corrected chi connectivity index (χ1v) is 6.88. The number of ketones is 1. The van der Waals surface area contributed by atoms with Crippen molar-refractivity contribution in [2.24, 2.45) is 11.8 Å². The molecule has 0 spiro atoms. The van der Waals surface area contributed by atoms with Crippen molar-refractivity contribution in [1.29, 1.82) is 0 Å². The molecule has 0 aromatic heterocycles. The molecule has 0 aromatic rings. The quantitative estimate of drug-likeness (QED) is 0.770. The van der Waals surface area contributed by atoms with Crippen molar-refractivity contribution in [3.63, 3.8) is 0 Å². The van der Waals surface area contributed by atoms with Crippen LogP contribution in [0.2, 0.25) is 0 Å². The fourth-order valence-electron chi connectivity index (χ4n) is 2.62. The maximum Gasteiger partial charge on any atom is 0.152 e. The summed E-state index contributed by atoms with van der Waals surface area (Å²) in [6, 6.07) is 0.424. The predicted molar refractivity (Wildman–Crippen MR) is 72.1 cm³/mol. The Labute approximate surface area is 106 Å². The van der Waals surface area contributed by atoms with Crippen molar-refractivity contribution < 1.29 is 4.79 Å². The normalized spacial score (nSPS) is 23.6. The van der Waals surface area contributed by atoms with E-state index in [9.17, 15) is 4.79 Å². The minimum atomic E-state index is 0.0477. The van der Waals surface area contributed by atoms with Crippen LogP contribution in [0.5, 0.6) is 0 Å². The van der Waals surface area contributed by atoms with Crippen molar-refractivity contribution in [3.8, 4) is 0 Å². The molecule has 1 heterocycles. The Morgan fingerprint density at radius 3 is 2.41 bits per heavy atom. The van der Waals surface area contributed by atoms with E-state index in [0.717, 1.165) is 13.0 Å². The number of hydrogen-bond acceptors (Lipinski definition) is 3. The molecule has 3 heteroatoms. The summed E-state index contributed by atoms with van der Waals surface area (Å²) >= 11 is 0. The molecule has 17 heavy (non-hydrogen) atoms. The second-order valence-electron chi connectivity index (χ2n) is 6.08. The van der Waals surface area contributed by atoms with Crippen molar-refractivity contribution in [2.45, 2.75) is 52.6 Å². The number of Topliss-reactive ketones (excluding diaryl/α,β-unsaturated/α-hetero) is 1. The molecule has 1 aliphatic heterocycles. The molecule has 1 fully saturated rings. The van der Waals surface area contributed by atoms with Gasteiger partial charge in [-0.1, -0.05) is 27.7 Å². The highest BCUT2D eigenvalue weighted by molar-refractivity contribution is 5.85. The molecule has 1 saturated heterocycles. The van der Waals surface area contributed by atoms with Crippen LogP contribution >= 0.6 is 0 Å². The Kier molecular flexibility index (Phi) is 5.60. The van der Waals surface area contributed by atoms with E-state index in [4.69, 9.17) is 0 Å². The molecule has 0 aliphatic carbocycles. The van der Waals surface area contributed by atoms with Gasteiger partial charge in [0.2, 0.25) is 0 Å². The third kappa shape index (κ3) is 4.76. The lowest BCUT2D eigenvalue weighted by Gasteiger charge is -2.24. The lowest BCUT2D eigenvalue weighted by molar-refractivity contribution is -0.124. The average molecular weight is 240 g/mol. The molecule has 2 atom stereocenters. The SMILES string of the molecule is CC(C)NC(CC1CCN(C)C1)C(=O)C(C)C. The van der Waals surface area contributed by atoms with Gasteiger partial charge in [0.05, 0.1) is 6.04 Å². The Bertz CT molecular complexity index is 251. The van der Waals surface area contributed by atoms with Gasteiger partial charge in [-0.25, -0.2) is 0 Å². The Morgan fingerprint density at radius 1 is 1.35 bits per heavy atom. The highest BCUT2D eigenvalue weighted by Gasteiger charge is 2.28. The van der Waals surface area contributed by atoms with Gasteiger partial charge in [-0.05, 0) is 32.4 Å². The summed E-state index contributed by atoms with van der Waals surface area (Å²) in [7, 11) is 2.16. The van der Waals surface area contributed by atoms with Crippen LogP contribution < -0.4 is 5.32 Å². The van der Waals surface area contributed by atoms with E-state index in [-0.39, 0.29) is 12.0 Å². The number of rotatable bonds is 6. The molecule has 0 radical (unpaired) electrons. The average Bonchev–Trinajstić information content (AvgIpc) is 2.61. The summed E-state index contributed by atoms with van der Waals surface area (Å²) in [6.07, 6.45) is 2.23. The van der Waals surface area contributed by atoms with Crippen LogP contribution in [0.1, 0.15) is 40.5 Å². The molecule has 1 aliphatic rings. The molecule has 0 aromatic carbocycles. The number of carbonyl (C=O) groups is 1. The van der Waals surface area contributed by atoms with Crippen LogP contribution in [0.15, 0.2) is 0 Å². The zero-order chi connectivity index (χ0) is 13.0. The van der Waals surface area contributed by atoms with E-state index in [1.165, 1.54) is 13.0 Å². The highest BCUT2D eigenvalue weighted by Crippen LogP contribution is 2.21. The van der Waals surface area contributed by atoms with E-state index < -0.39 is 0 Å². The molecule has 0 amide bonds. The molecule has 2 unspecified atom stereocenters. The largest absolute Gasteiger partial charge is 0.306 e. The number of carbonyl (C=O) groups excluding carboxylic acids is 1. The Hall–Kier alpha value is -0.410. The molecule has 1 N–H and O–H groups in total. The minimum absolute atomic E-state index is 0.0477. The lowest BCUT2D eigenvalue weighted by Crippen LogP contribution is -2.44. The molecule has 1 rings (SSSR count). The zero-order valence-corrected chi connectivity index (χ0v) is 12.0. The number of likely N-dealkylation sites (tertiary alicyclic amines) is 1. The highest BCUT2D eigenvalue weighted by atomic mass is 16.1. The maximum absolute atomic E-state index is 12.2. The first-order chi connectivity index (χ1) is 7.90. The van der Waals surface area contributed by atoms with E-state index >= 15 is 0 Å².